The van der Waals surface area contributed by atoms with Crippen LogP contribution in [-0.2, 0) is 0 Å². The number of furan rings is 1. The van der Waals surface area contributed by atoms with Crippen molar-refractivity contribution in [3.8, 4) is 22.5 Å². The lowest BCUT2D eigenvalue weighted by Crippen LogP contribution is -1.96. The molecule has 0 aliphatic carbocycles. The molecule has 0 saturated heterocycles. The highest BCUT2D eigenvalue weighted by Gasteiger charge is 2.20. The SMILES string of the molecule is [C-]#[N+]c1cccc2c1oc1ccc3c4ccccc4n(-c4cccc(-c5cccc(-n6c7ccccc7c7ccccc76)c5)c4)c3c12. The summed E-state index contributed by atoms with van der Waals surface area (Å²) >= 11 is 0. The lowest BCUT2D eigenvalue weighted by molar-refractivity contribution is 0.671. The standard InChI is InChI=1S/C43H25N3O/c1-44-36-19-10-18-35-41-40(47-43(35)36)24-23-34-33-17-4-7-22-39(33)46(42(34)41)30-14-9-12-28(26-30)27-11-8-13-29(25-27)45-37-20-5-2-15-31(37)32-16-3-6-21-38(32)45/h2-26H. The van der Waals surface area contributed by atoms with Gasteiger partial charge < -0.3 is 13.6 Å². The molecule has 0 atom stereocenters. The third-order valence-corrected chi connectivity index (χ3v) is 9.52. The Bertz CT molecular complexity index is 2880. The summed E-state index contributed by atoms with van der Waals surface area (Å²) in [6.07, 6.45) is 0. The second-order valence-electron chi connectivity index (χ2n) is 12.0. The highest BCUT2D eigenvalue weighted by Crippen LogP contribution is 2.43. The van der Waals surface area contributed by atoms with Gasteiger partial charge in [0, 0.05) is 38.3 Å². The summed E-state index contributed by atoms with van der Waals surface area (Å²) in [4.78, 5) is 3.75. The normalized spacial score (nSPS) is 11.8. The van der Waals surface area contributed by atoms with E-state index in [2.05, 4.69) is 147 Å². The van der Waals surface area contributed by atoms with Crippen molar-refractivity contribution in [2.45, 2.75) is 0 Å². The molecule has 0 aliphatic heterocycles. The Morgan fingerprint density at radius 1 is 0.468 bits per heavy atom. The van der Waals surface area contributed by atoms with Crippen LogP contribution in [0.3, 0.4) is 0 Å². The number of rotatable bonds is 3. The van der Waals surface area contributed by atoms with Crippen molar-refractivity contribution in [2.75, 3.05) is 0 Å². The highest BCUT2D eigenvalue weighted by atomic mass is 16.3. The van der Waals surface area contributed by atoms with Crippen molar-refractivity contribution in [3.05, 3.63) is 163 Å². The summed E-state index contributed by atoms with van der Waals surface area (Å²) in [5.74, 6) is 0. The molecule has 0 unspecified atom stereocenters. The summed E-state index contributed by atoms with van der Waals surface area (Å²) in [6.45, 7) is 7.73. The van der Waals surface area contributed by atoms with Gasteiger partial charge in [-0.1, -0.05) is 97.1 Å². The van der Waals surface area contributed by atoms with E-state index in [1.165, 1.54) is 27.2 Å². The van der Waals surface area contributed by atoms with Gasteiger partial charge in [-0.05, 0) is 65.7 Å². The molecule has 0 N–H and O–H groups in total. The monoisotopic (exact) mass is 599 g/mol. The first kappa shape index (κ1) is 25.7. The minimum absolute atomic E-state index is 0.527. The average Bonchev–Trinajstić information content (AvgIpc) is 3.79. The van der Waals surface area contributed by atoms with Crippen LogP contribution in [0, 0.1) is 6.57 Å². The minimum atomic E-state index is 0.527. The van der Waals surface area contributed by atoms with Crippen LogP contribution in [0.1, 0.15) is 0 Å². The topological polar surface area (TPSA) is 27.4 Å². The minimum Gasteiger partial charge on any atom is -0.467 e. The van der Waals surface area contributed by atoms with Gasteiger partial charge in [-0.3, -0.25) is 0 Å². The predicted molar refractivity (Wildman–Crippen MR) is 194 cm³/mol. The van der Waals surface area contributed by atoms with Gasteiger partial charge in [0.1, 0.15) is 11.2 Å². The smallest absolute Gasteiger partial charge is 0.229 e. The van der Waals surface area contributed by atoms with Crippen LogP contribution in [0.25, 0.3) is 92.9 Å². The van der Waals surface area contributed by atoms with Crippen LogP contribution in [0.2, 0.25) is 0 Å². The Hall–Kier alpha value is -6.57. The molecule has 47 heavy (non-hydrogen) atoms. The van der Waals surface area contributed by atoms with Crippen LogP contribution in [0.15, 0.2) is 156 Å². The lowest BCUT2D eigenvalue weighted by Gasteiger charge is -2.13. The molecule has 7 aromatic carbocycles. The summed E-state index contributed by atoms with van der Waals surface area (Å²) in [5.41, 5.74) is 11.0. The fourth-order valence-electron chi connectivity index (χ4n) is 7.53. The average molecular weight is 600 g/mol. The lowest BCUT2D eigenvalue weighted by atomic mass is 10.0. The van der Waals surface area contributed by atoms with Crippen LogP contribution in [0.5, 0.6) is 0 Å². The van der Waals surface area contributed by atoms with E-state index in [4.69, 9.17) is 11.0 Å². The number of nitrogens with zero attached hydrogens (tertiary/aromatic N) is 3. The number of aromatic nitrogens is 2. The summed E-state index contributed by atoms with van der Waals surface area (Å²) in [5, 5.41) is 6.82. The van der Waals surface area contributed by atoms with Crippen molar-refractivity contribution in [1.82, 2.24) is 9.13 Å². The second kappa shape index (κ2) is 9.71. The molecule has 218 valence electrons. The van der Waals surface area contributed by atoms with E-state index in [1.54, 1.807) is 0 Å². The number of hydrogen-bond acceptors (Lipinski definition) is 1. The van der Waals surface area contributed by atoms with Gasteiger partial charge >= 0.3 is 0 Å². The molecule has 0 saturated carbocycles. The van der Waals surface area contributed by atoms with Crippen molar-refractivity contribution >= 4 is 71.2 Å². The Morgan fingerprint density at radius 3 is 1.64 bits per heavy atom. The van der Waals surface area contributed by atoms with Crippen LogP contribution < -0.4 is 0 Å². The van der Waals surface area contributed by atoms with E-state index in [-0.39, 0.29) is 0 Å². The van der Waals surface area contributed by atoms with Gasteiger partial charge in [-0.2, -0.15) is 0 Å². The maximum atomic E-state index is 7.73. The van der Waals surface area contributed by atoms with E-state index >= 15 is 0 Å². The zero-order chi connectivity index (χ0) is 31.1. The highest BCUT2D eigenvalue weighted by molar-refractivity contribution is 6.25. The molecule has 3 aromatic heterocycles. The van der Waals surface area contributed by atoms with Crippen molar-refractivity contribution in [2.24, 2.45) is 0 Å². The largest absolute Gasteiger partial charge is 0.467 e. The van der Waals surface area contributed by atoms with E-state index in [9.17, 15) is 0 Å². The third kappa shape index (κ3) is 3.63. The van der Waals surface area contributed by atoms with Gasteiger partial charge in [0.2, 0.25) is 5.69 Å². The first-order valence-corrected chi connectivity index (χ1v) is 15.7. The Balaban J connectivity index is 1.21. The van der Waals surface area contributed by atoms with E-state index in [1.807, 2.05) is 18.2 Å². The van der Waals surface area contributed by atoms with Crippen molar-refractivity contribution in [1.29, 1.82) is 0 Å². The van der Waals surface area contributed by atoms with Crippen molar-refractivity contribution in [3.63, 3.8) is 0 Å². The Kier molecular flexibility index (Phi) is 5.32. The molecular weight excluding hydrogens is 574 g/mol. The Labute approximate surface area is 269 Å². The zero-order valence-corrected chi connectivity index (χ0v) is 25.2. The maximum absolute atomic E-state index is 7.73. The van der Waals surface area contributed by atoms with Gasteiger partial charge in [0.25, 0.3) is 0 Å². The first-order chi connectivity index (χ1) is 23.3. The van der Waals surface area contributed by atoms with Crippen LogP contribution >= 0.6 is 0 Å². The number of fused-ring (bicyclic) bond motifs is 10. The molecular formula is C43H25N3O. The number of para-hydroxylation sites is 4. The molecule has 3 heterocycles. The molecule has 0 amide bonds. The van der Waals surface area contributed by atoms with Gasteiger partial charge in [0.15, 0.2) is 0 Å². The maximum Gasteiger partial charge on any atom is 0.229 e. The van der Waals surface area contributed by atoms with Gasteiger partial charge in [-0.15, -0.1) is 0 Å². The van der Waals surface area contributed by atoms with Gasteiger partial charge in [-0.25, -0.2) is 4.85 Å². The van der Waals surface area contributed by atoms with Gasteiger partial charge in [0.05, 0.1) is 34.0 Å². The van der Waals surface area contributed by atoms with E-state index in [0.717, 1.165) is 55.3 Å². The third-order valence-electron chi connectivity index (χ3n) is 9.52. The molecule has 4 nitrogen and oxygen atoms in total. The number of hydrogen-bond donors (Lipinski definition) is 0. The summed E-state index contributed by atoms with van der Waals surface area (Å²) in [7, 11) is 0. The molecule has 10 rings (SSSR count). The molecule has 4 heteroatoms. The summed E-state index contributed by atoms with van der Waals surface area (Å²) < 4.78 is 11.1. The van der Waals surface area contributed by atoms with Crippen molar-refractivity contribution < 1.29 is 4.42 Å². The molecule has 10 aromatic rings. The molecule has 0 aliphatic rings. The predicted octanol–water partition coefficient (Wildman–Crippen LogP) is 12.0. The van der Waals surface area contributed by atoms with Crippen LogP contribution in [-0.4, -0.2) is 9.13 Å². The quantitative estimate of drug-likeness (QED) is 0.186. The summed E-state index contributed by atoms with van der Waals surface area (Å²) in [6, 6.07) is 53.4. The fraction of sp³-hybridized carbons (Fsp3) is 0. The van der Waals surface area contributed by atoms with Crippen LogP contribution in [0.4, 0.5) is 5.69 Å². The molecule has 0 bridgehead atoms. The first-order valence-electron chi connectivity index (χ1n) is 15.7. The molecule has 0 fully saturated rings. The van der Waals surface area contributed by atoms with E-state index < -0.39 is 0 Å². The van der Waals surface area contributed by atoms with E-state index in [0.29, 0.717) is 11.3 Å². The fourth-order valence-corrected chi connectivity index (χ4v) is 7.53. The molecule has 0 spiro atoms. The Morgan fingerprint density at radius 2 is 1.00 bits per heavy atom. The second-order valence-corrected chi connectivity index (χ2v) is 12.0. The number of benzene rings is 7. The zero-order valence-electron chi connectivity index (χ0n) is 25.2. The molecule has 0 radical (unpaired) electrons.